The molecule has 32 heteroatoms. The largest absolute Gasteiger partial charge is 0.481 e. The average molecular weight is 1250 g/mol. The number of Topliss-reactive ketones (excluding diaryl/α,β-unsaturated/α-hetero) is 1. The molecule has 0 aliphatic carbocycles. The van der Waals surface area contributed by atoms with Crippen LogP contribution < -0.4 is 58.9 Å². The van der Waals surface area contributed by atoms with Crippen LogP contribution in [0.15, 0.2) is 24.3 Å². The van der Waals surface area contributed by atoms with E-state index in [1.165, 1.54) is 40.7 Å². The van der Waals surface area contributed by atoms with Crippen molar-refractivity contribution in [3.05, 3.63) is 24.3 Å². The number of nitrogens with two attached hydrogens (primary N) is 1. The van der Waals surface area contributed by atoms with Gasteiger partial charge in [-0.25, -0.2) is 4.79 Å². The van der Waals surface area contributed by atoms with Crippen LogP contribution in [-0.4, -0.2) is 200 Å². The molecule has 2 saturated heterocycles. The topological polar surface area (TPSA) is 504 Å². The summed E-state index contributed by atoms with van der Waals surface area (Å²) < 4.78 is 0. The number of unbranched alkanes of at least 4 members (excludes halogenated alkanes) is 1. The molecule has 2 heterocycles. The molecule has 0 aromatic heterocycles. The Labute approximate surface area is 508 Å². The summed E-state index contributed by atoms with van der Waals surface area (Å²) in [5.74, 6) is -28.2. The summed E-state index contributed by atoms with van der Waals surface area (Å²) in [7, 11) is 0. The van der Waals surface area contributed by atoms with E-state index in [1.54, 1.807) is 19.1 Å². The molecule has 0 spiro atoms. The molecule has 3 unspecified atom stereocenters. The van der Waals surface area contributed by atoms with Gasteiger partial charge in [0.1, 0.15) is 48.3 Å². The number of carbonyl (C=O) groups excluding carboxylic acids is 12. The summed E-state index contributed by atoms with van der Waals surface area (Å²) in [5, 5.41) is 62.0. The van der Waals surface area contributed by atoms with Crippen molar-refractivity contribution < 1.29 is 97.1 Å². The van der Waals surface area contributed by atoms with Gasteiger partial charge in [0, 0.05) is 12.6 Å². The number of carboxylic acid groups (broad SMARTS) is 4. The zero-order chi connectivity index (χ0) is 67.0. The lowest BCUT2D eigenvalue weighted by Gasteiger charge is -2.34. The van der Waals surface area contributed by atoms with E-state index >= 15 is 0 Å². The number of ketones is 1. The van der Waals surface area contributed by atoms with Gasteiger partial charge >= 0.3 is 23.9 Å². The summed E-state index contributed by atoms with van der Waals surface area (Å²) in [6.45, 7) is 13.7. The van der Waals surface area contributed by atoms with Gasteiger partial charge in [-0.2, -0.15) is 0 Å². The van der Waals surface area contributed by atoms with Gasteiger partial charge in [-0.15, -0.1) is 0 Å². The first-order valence-electron chi connectivity index (χ1n) is 28.8. The number of hydrogen-bond acceptors (Lipinski definition) is 17. The van der Waals surface area contributed by atoms with Crippen LogP contribution in [0, 0.1) is 35.5 Å². The Morgan fingerprint density at radius 2 is 1.26 bits per heavy atom. The molecule has 16 N–H and O–H groups in total. The van der Waals surface area contributed by atoms with Gasteiger partial charge in [0.25, 0.3) is 11.7 Å². The minimum atomic E-state index is -2.76. The Hall–Kier alpha value is -8.84. The van der Waals surface area contributed by atoms with Gasteiger partial charge in [-0.05, 0) is 89.5 Å². The predicted octanol–water partition coefficient (Wildman–Crippen LogP) is -3.70. The predicted molar refractivity (Wildman–Crippen MR) is 309 cm³/mol. The number of hydrogen-bond donors (Lipinski definition) is 15. The van der Waals surface area contributed by atoms with Crippen molar-refractivity contribution in [2.24, 2.45) is 41.2 Å². The number of aliphatic carboxylic acids is 4. The van der Waals surface area contributed by atoms with E-state index in [-0.39, 0.29) is 38.8 Å². The van der Waals surface area contributed by atoms with Crippen LogP contribution in [0.4, 0.5) is 0 Å². The molecule has 0 bridgehead atoms. The Bertz CT molecular complexity index is 2680. The first-order chi connectivity index (χ1) is 41.0. The Kier molecular flexibility index (Phi) is 30.5. The summed E-state index contributed by atoms with van der Waals surface area (Å²) >= 11 is 0. The van der Waals surface area contributed by atoms with Gasteiger partial charge in [-0.1, -0.05) is 66.7 Å². The second-order valence-electron chi connectivity index (χ2n) is 23.0. The van der Waals surface area contributed by atoms with E-state index in [1.807, 2.05) is 29.8 Å². The molecular formula is C56H86N12O20. The molecule has 2 fully saturated rings. The fourth-order valence-electron chi connectivity index (χ4n) is 9.18. The maximum Gasteiger partial charge on any atom is 0.375 e. The lowest BCUT2D eigenvalue weighted by Crippen LogP contribution is -2.65. The number of amides is 11. The highest BCUT2D eigenvalue weighted by Crippen LogP contribution is 2.26. The maximum atomic E-state index is 14.8. The smallest absolute Gasteiger partial charge is 0.375 e. The van der Waals surface area contributed by atoms with Crippen molar-refractivity contribution in [3.8, 4) is 0 Å². The first kappa shape index (κ1) is 75.3. The Morgan fingerprint density at radius 1 is 0.659 bits per heavy atom. The summed E-state index contributed by atoms with van der Waals surface area (Å²) in [5.41, 5.74) is 5.68. The van der Waals surface area contributed by atoms with Crippen LogP contribution in [0.25, 0.3) is 0 Å². The van der Waals surface area contributed by atoms with E-state index in [0.717, 1.165) is 31.2 Å². The third kappa shape index (κ3) is 23.4. The highest BCUT2D eigenvalue weighted by molar-refractivity contribution is 6.40. The van der Waals surface area contributed by atoms with Gasteiger partial charge in [-0.3, -0.25) is 71.9 Å². The fraction of sp³-hybridized carbons (Fsp3) is 0.643. The van der Waals surface area contributed by atoms with Crippen LogP contribution in [0.5, 0.6) is 0 Å². The van der Waals surface area contributed by atoms with Crippen molar-refractivity contribution in [1.82, 2.24) is 58.1 Å². The van der Waals surface area contributed by atoms with Gasteiger partial charge < -0.3 is 84.2 Å². The molecule has 13 atom stereocenters. The number of nitrogens with zero attached hydrogens (tertiary/aromatic N) is 1. The molecule has 11 amide bonds. The van der Waals surface area contributed by atoms with Gasteiger partial charge in [0.15, 0.2) is 6.04 Å². The Morgan fingerprint density at radius 3 is 1.82 bits per heavy atom. The van der Waals surface area contributed by atoms with Crippen molar-refractivity contribution in [1.29, 1.82) is 0 Å². The fourth-order valence-corrected chi connectivity index (χ4v) is 9.18. The normalized spacial score (nSPS) is 25.5. The lowest BCUT2D eigenvalue weighted by atomic mass is 9.97. The van der Waals surface area contributed by atoms with Crippen LogP contribution in [0.2, 0.25) is 0 Å². The molecule has 0 aromatic carbocycles. The molecule has 490 valence electrons. The van der Waals surface area contributed by atoms with Crippen LogP contribution in [0.3, 0.4) is 0 Å². The molecular weight excluding hydrogens is 1160 g/mol. The molecule has 2 aliphatic rings. The molecule has 0 aromatic rings. The first-order valence-corrected chi connectivity index (χ1v) is 28.8. The van der Waals surface area contributed by atoms with Crippen LogP contribution in [-0.2, 0) is 76.7 Å². The SMILES string of the molecule is CC(C)CC/C=C\C=C\C(=O)N[C@H](C(=O)N[C@@H]1C(=O)N[C@H](C(C)C)C(=O)N[C@@H](CCCCN)C(=O)N[C@@H](C(=O)C(=O)O)C(=O)N[C@@H](CC(=O)O)C(=O)NCC(=O)N[C@H](C(C)C(=O)O)C(=O)N[C@@H](C(C)C)C(=O)N2C[C@H](C)C[C@H]2C(=O)NC1C)C(C)C(=O)O. The number of nitrogens with one attached hydrogen (secondary N) is 10. The van der Waals surface area contributed by atoms with E-state index < -0.39 is 198 Å². The van der Waals surface area contributed by atoms with Crippen molar-refractivity contribution >= 4 is 94.6 Å². The quantitative estimate of drug-likeness (QED) is 0.0163. The third-order valence-corrected chi connectivity index (χ3v) is 14.4. The van der Waals surface area contributed by atoms with E-state index in [9.17, 15) is 97.1 Å². The van der Waals surface area contributed by atoms with E-state index in [0.29, 0.717) is 12.3 Å². The molecule has 0 radical (unpaired) electrons. The van der Waals surface area contributed by atoms with Crippen LogP contribution >= 0.6 is 0 Å². The highest BCUT2D eigenvalue weighted by atomic mass is 16.4. The second-order valence-corrected chi connectivity index (χ2v) is 23.0. The minimum Gasteiger partial charge on any atom is -0.481 e. The monoisotopic (exact) mass is 1250 g/mol. The average Bonchev–Trinajstić information content (AvgIpc) is 1.69. The van der Waals surface area contributed by atoms with E-state index in [2.05, 4.69) is 37.2 Å². The van der Waals surface area contributed by atoms with Gasteiger partial charge in [0.05, 0.1) is 30.8 Å². The number of carboxylic acids is 4. The van der Waals surface area contributed by atoms with Crippen molar-refractivity contribution in [2.45, 2.75) is 175 Å². The minimum absolute atomic E-state index is 0.0325. The molecule has 2 aliphatic heterocycles. The number of allylic oxidation sites excluding steroid dienone is 3. The zero-order valence-corrected chi connectivity index (χ0v) is 51.0. The molecule has 0 saturated carbocycles. The lowest BCUT2D eigenvalue weighted by molar-refractivity contribution is -0.153. The number of rotatable bonds is 22. The summed E-state index contributed by atoms with van der Waals surface area (Å²) in [4.78, 5) is 218. The second kappa shape index (κ2) is 35.7. The van der Waals surface area contributed by atoms with E-state index in [4.69, 9.17) is 5.73 Å². The molecule has 32 nitrogen and oxygen atoms in total. The van der Waals surface area contributed by atoms with Crippen LogP contribution in [0.1, 0.15) is 114 Å². The Balaban J connectivity index is 2.97. The maximum absolute atomic E-state index is 14.8. The van der Waals surface area contributed by atoms with Gasteiger partial charge in [0.2, 0.25) is 59.1 Å². The number of carbonyl (C=O) groups is 16. The standard InChI is InChI=1S/C56H86N12O20/c1-25(2)17-13-11-12-14-19-35(69)62-40(29(8)54(83)84)50(79)66-42-31(10)59-47(76)34-21-28(7)24-68(34)53(82)39(27(5)6)65-49(78)41(30(9)55(85)86)63-36(70)23-58-45(74)33(22-37(71)72)61-52(81)43(44(73)56(87)88)67-46(75)32(18-15-16-20-57)60-48(77)38(26(3)4)64-51(42)80/h11-12,14,19,25-34,38-43H,13,15-18,20-24,57H2,1-10H3,(H,58,74)(H,59,76)(H,60,77)(H,61,81)(H,62,69)(H,63,70)(H,64,80)(H,65,78)(H,66,79)(H,67,75)(H,71,72)(H,83,84)(H,85,86)(H,87,88)/b12-11-,19-14+/t28-,29?,30?,31?,32+,33+,34+,38-,39+,40+,41-,42+,43+/m1/s1. The highest BCUT2D eigenvalue weighted by Gasteiger charge is 2.45. The molecule has 88 heavy (non-hydrogen) atoms. The third-order valence-electron chi connectivity index (χ3n) is 14.4. The zero-order valence-electron chi connectivity index (χ0n) is 51.0. The summed E-state index contributed by atoms with van der Waals surface area (Å²) in [6.07, 6.45) is 5.80. The molecule has 2 rings (SSSR count). The van der Waals surface area contributed by atoms with Crippen molar-refractivity contribution in [2.75, 3.05) is 19.6 Å². The summed E-state index contributed by atoms with van der Waals surface area (Å²) in [6, 6.07) is -18.9. The van der Waals surface area contributed by atoms with Crippen molar-refractivity contribution in [3.63, 3.8) is 0 Å². The number of fused-ring (bicyclic) bond motifs is 1.